The Balaban J connectivity index is 2.19. The fourth-order valence-electron chi connectivity index (χ4n) is 1.98. The number of benzene rings is 1. The Bertz CT molecular complexity index is 752. The molecule has 0 bridgehead atoms. The largest absolute Gasteiger partial charge is 0.485 e. The summed E-state index contributed by atoms with van der Waals surface area (Å²) >= 11 is 0. The molecule has 0 aliphatic carbocycles. The molecular formula is C19H22N2O4. The summed E-state index contributed by atoms with van der Waals surface area (Å²) in [6, 6.07) is 11.1. The number of amides is 1. The van der Waals surface area contributed by atoms with Crippen molar-refractivity contribution in [1.82, 2.24) is 4.98 Å². The van der Waals surface area contributed by atoms with Crippen molar-refractivity contribution >= 4 is 17.7 Å². The Morgan fingerprint density at radius 2 is 1.84 bits per heavy atom. The second-order valence-corrected chi connectivity index (χ2v) is 6.53. The van der Waals surface area contributed by atoms with Gasteiger partial charge in [0.15, 0.2) is 17.4 Å². The van der Waals surface area contributed by atoms with Gasteiger partial charge in [-0.05, 0) is 39.3 Å². The summed E-state index contributed by atoms with van der Waals surface area (Å²) in [5.74, 6) is 0.374. The summed E-state index contributed by atoms with van der Waals surface area (Å²) in [6.45, 7) is 7.04. The van der Waals surface area contributed by atoms with Crippen LogP contribution in [0.2, 0.25) is 0 Å². The van der Waals surface area contributed by atoms with Gasteiger partial charge >= 0.3 is 6.09 Å². The van der Waals surface area contributed by atoms with Crippen LogP contribution < -0.4 is 10.1 Å². The quantitative estimate of drug-likeness (QED) is 0.824. The molecule has 1 aromatic heterocycles. The third-order valence-electron chi connectivity index (χ3n) is 3.12. The molecule has 0 saturated heterocycles. The second-order valence-electron chi connectivity index (χ2n) is 6.53. The minimum absolute atomic E-state index is 0.138. The number of rotatable bonds is 5. The maximum absolute atomic E-state index is 12.0. The van der Waals surface area contributed by atoms with E-state index in [2.05, 4.69) is 10.3 Å². The summed E-state index contributed by atoms with van der Waals surface area (Å²) in [4.78, 5) is 27.7. The number of carbonyl (C=O) groups is 2. The van der Waals surface area contributed by atoms with E-state index in [-0.39, 0.29) is 18.2 Å². The van der Waals surface area contributed by atoms with Crippen LogP contribution in [0.25, 0.3) is 0 Å². The van der Waals surface area contributed by atoms with Crippen molar-refractivity contribution in [3.05, 3.63) is 53.7 Å². The molecule has 1 N–H and O–H groups in total. The van der Waals surface area contributed by atoms with Gasteiger partial charge in [0.05, 0.1) is 0 Å². The van der Waals surface area contributed by atoms with Crippen LogP contribution >= 0.6 is 0 Å². The lowest BCUT2D eigenvalue weighted by Gasteiger charge is -2.20. The van der Waals surface area contributed by atoms with Crippen LogP contribution in [0.4, 0.5) is 10.6 Å². The molecule has 1 amide bonds. The monoisotopic (exact) mass is 342 g/mol. The third kappa shape index (κ3) is 5.91. The Hall–Kier alpha value is -2.89. The van der Waals surface area contributed by atoms with Crippen LogP contribution in [0.5, 0.6) is 5.75 Å². The Morgan fingerprint density at radius 1 is 1.16 bits per heavy atom. The van der Waals surface area contributed by atoms with E-state index in [1.165, 1.54) is 13.1 Å². The molecule has 1 aromatic carbocycles. The van der Waals surface area contributed by atoms with Crippen LogP contribution in [0.15, 0.2) is 42.6 Å². The van der Waals surface area contributed by atoms with E-state index in [9.17, 15) is 9.59 Å². The number of anilines is 1. The van der Waals surface area contributed by atoms with Gasteiger partial charge in [0.2, 0.25) is 0 Å². The predicted molar refractivity (Wildman–Crippen MR) is 94.9 cm³/mol. The van der Waals surface area contributed by atoms with Crippen LogP contribution in [-0.2, 0) is 11.3 Å². The van der Waals surface area contributed by atoms with E-state index >= 15 is 0 Å². The number of carbonyl (C=O) groups excluding carboxylic acids is 2. The molecule has 132 valence electrons. The lowest BCUT2D eigenvalue weighted by Crippen LogP contribution is -2.27. The molecule has 0 saturated carbocycles. The number of hydrogen-bond donors (Lipinski definition) is 1. The summed E-state index contributed by atoms with van der Waals surface area (Å²) in [5.41, 5.74) is 0.728. The first kappa shape index (κ1) is 18.4. The molecule has 0 fully saturated rings. The number of Topliss-reactive ketones (excluding diaryl/α,β-unsaturated/α-hetero) is 1. The van der Waals surface area contributed by atoms with Crippen molar-refractivity contribution < 1.29 is 19.1 Å². The minimum atomic E-state index is -0.639. The van der Waals surface area contributed by atoms with E-state index in [4.69, 9.17) is 9.47 Å². The Kier molecular flexibility index (Phi) is 5.75. The molecule has 0 atom stereocenters. The van der Waals surface area contributed by atoms with Gasteiger partial charge in [-0.25, -0.2) is 9.78 Å². The van der Waals surface area contributed by atoms with E-state index < -0.39 is 11.7 Å². The minimum Gasteiger partial charge on any atom is -0.485 e. The van der Waals surface area contributed by atoms with Crippen LogP contribution in [0.3, 0.4) is 0 Å². The first-order valence-electron chi connectivity index (χ1n) is 7.92. The molecule has 2 rings (SSSR count). The molecule has 25 heavy (non-hydrogen) atoms. The molecule has 0 spiro atoms. The van der Waals surface area contributed by atoms with Crippen LogP contribution in [-0.4, -0.2) is 22.5 Å². The molecule has 2 aromatic rings. The normalized spacial score (nSPS) is 10.9. The lowest BCUT2D eigenvalue weighted by molar-refractivity contribution is 0.0634. The predicted octanol–water partition coefficient (Wildman–Crippen LogP) is 4.21. The van der Waals surface area contributed by atoms with Gasteiger partial charge in [0.1, 0.15) is 12.2 Å². The summed E-state index contributed by atoms with van der Waals surface area (Å²) < 4.78 is 11.0. The Labute approximate surface area is 147 Å². The molecule has 6 heteroatoms. The van der Waals surface area contributed by atoms with E-state index in [1.54, 1.807) is 26.8 Å². The zero-order valence-corrected chi connectivity index (χ0v) is 14.8. The highest BCUT2D eigenvalue weighted by atomic mass is 16.6. The maximum Gasteiger partial charge on any atom is 0.413 e. The molecular weight excluding hydrogens is 320 g/mol. The average Bonchev–Trinajstić information content (AvgIpc) is 2.53. The molecule has 0 aliphatic rings. The Morgan fingerprint density at radius 3 is 2.44 bits per heavy atom. The standard InChI is InChI=1S/C19H22N2O4/c1-13(22)15-10-16(24-12-14-8-6-5-7-9-14)17(20-11-15)21-18(23)25-19(2,3)4/h5-11H,12H2,1-4H3,(H,20,21,23). The maximum atomic E-state index is 12.0. The van der Waals surface area contributed by atoms with Crippen molar-refractivity contribution in [3.63, 3.8) is 0 Å². The third-order valence-corrected chi connectivity index (χ3v) is 3.12. The number of aromatic nitrogens is 1. The van der Waals surface area contributed by atoms with Crippen molar-refractivity contribution in [2.24, 2.45) is 0 Å². The average molecular weight is 342 g/mol. The van der Waals surface area contributed by atoms with E-state index in [0.29, 0.717) is 11.3 Å². The molecule has 0 unspecified atom stereocenters. The smallest absolute Gasteiger partial charge is 0.413 e. The molecule has 0 aliphatic heterocycles. The van der Waals surface area contributed by atoms with Crippen molar-refractivity contribution in [2.45, 2.75) is 39.9 Å². The van der Waals surface area contributed by atoms with Crippen molar-refractivity contribution in [1.29, 1.82) is 0 Å². The zero-order chi connectivity index (χ0) is 18.4. The van der Waals surface area contributed by atoms with Gasteiger partial charge in [-0.15, -0.1) is 0 Å². The highest BCUT2D eigenvalue weighted by molar-refractivity contribution is 5.95. The topological polar surface area (TPSA) is 77.5 Å². The first-order valence-corrected chi connectivity index (χ1v) is 7.92. The van der Waals surface area contributed by atoms with Gasteiger partial charge in [0.25, 0.3) is 0 Å². The highest BCUT2D eigenvalue weighted by Crippen LogP contribution is 2.25. The molecule has 1 heterocycles. The number of nitrogens with zero attached hydrogens (tertiary/aromatic N) is 1. The number of ketones is 1. The number of hydrogen-bond acceptors (Lipinski definition) is 5. The summed E-state index contributed by atoms with van der Waals surface area (Å²) in [5, 5.41) is 2.56. The summed E-state index contributed by atoms with van der Waals surface area (Å²) in [7, 11) is 0. The van der Waals surface area contributed by atoms with E-state index in [0.717, 1.165) is 5.56 Å². The number of ether oxygens (including phenoxy) is 2. The van der Waals surface area contributed by atoms with Crippen molar-refractivity contribution in [3.8, 4) is 5.75 Å². The zero-order valence-electron chi connectivity index (χ0n) is 14.8. The van der Waals surface area contributed by atoms with Gasteiger partial charge in [-0.1, -0.05) is 30.3 Å². The highest BCUT2D eigenvalue weighted by Gasteiger charge is 2.19. The summed E-state index contributed by atoms with van der Waals surface area (Å²) in [6.07, 6.45) is 0.755. The molecule has 0 radical (unpaired) electrons. The van der Waals surface area contributed by atoms with Crippen LogP contribution in [0.1, 0.15) is 43.6 Å². The SMILES string of the molecule is CC(=O)c1cnc(NC(=O)OC(C)(C)C)c(OCc2ccccc2)c1. The fraction of sp³-hybridized carbons (Fsp3) is 0.316. The molecule has 6 nitrogen and oxygen atoms in total. The fourth-order valence-corrected chi connectivity index (χ4v) is 1.98. The first-order chi connectivity index (χ1) is 11.7. The van der Waals surface area contributed by atoms with Gasteiger partial charge in [0, 0.05) is 11.8 Å². The van der Waals surface area contributed by atoms with Gasteiger partial charge in [-0.2, -0.15) is 0 Å². The lowest BCUT2D eigenvalue weighted by atomic mass is 10.2. The van der Waals surface area contributed by atoms with Gasteiger partial charge in [-0.3, -0.25) is 10.1 Å². The van der Waals surface area contributed by atoms with E-state index in [1.807, 2.05) is 30.3 Å². The van der Waals surface area contributed by atoms with Crippen LogP contribution in [0, 0.1) is 0 Å². The second kappa shape index (κ2) is 7.79. The number of pyridine rings is 1. The van der Waals surface area contributed by atoms with Gasteiger partial charge < -0.3 is 9.47 Å². The van der Waals surface area contributed by atoms with Crippen molar-refractivity contribution in [2.75, 3.05) is 5.32 Å². The number of nitrogens with one attached hydrogen (secondary N) is 1.